The molecule has 1 aliphatic carbocycles. The molecule has 5 nitrogen and oxygen atoms in total. The van der Waals surface area contributed by atoms with E-state index in [4.69, 9.17) is 0 Å². The minimum absolute atomic E-state index is 0.0286. The lowest BCUT2D eigenvalue weighted by Gasteiger charge is -2.18. The van der Waals surface area contributed by atoms with Gasteiger partial charge in [0, 0.05) is 10.9 Å². The maximum absolute atomic E-state index is 12.6. The van der Waals surface area contributed by atoms with Crippen molar-refractivity contribution in [1.29, 1.82) is 0 Å². The molecule has 7 heteroatoms. The number of carbonyl (C=O) groups excluding carboxylic acids is 1. The summed E-state index contributed by atoms with van der Waals surface area (Å²) in [6, 6.07) is 0.234. The van der Waals surface area contributed by atoms with E-state index in [1.54, 1.807) is 11.3 Å². The third kappa shape index (κ3) is 4.14. The van der Waals surface area contributed by atoms with Gasteiger partial charge in [0.2, 0.25) is 5.91 Å². The number of hydrogen-bond donors (Lipinski definition) is 2. The van der Waals surface area contributed by atoms with Crippen LogP contribution in [0.25, 0.3) is 10.2 Å². The van der Waals surface area contributed by atoms with Gasteiger partial charge in [0.1, 0.15) is 10.7 Å². The fourth-order valence-electron chi connectivity index (χ4n) is 3.37. The first kappa shape index (κ1) is 19.4. The van der Waals surface area contributed by atoms with Gasteiger partial charge in [0.15, 0.2) is 0 Å². The van der Waals surface area contributed by atoms with E-state index in [0.29, 0.717) is 11.6 Å². The molecule has 0 saturated heterocycles. The quantitative estimate of drug-likeness (QED) is 0.750. The highest BCUT2D eigenvalue weighted by atomic mass is 32.2. The molecule has 2 aromatic rings. The van der Waals surface area contributed by atoms with E-state index >= 15 is 0 Å². The van der Waals surface area contributed by atoms with Crippen molar-refractivity contribution in [2.45, 2.75) is 76.3 Å². The van der Waals surface area contributed by atoms with Crippen LogP contribution in [0.1, 0.15) is 62.7 Å². The third-order valence-electron chi connectivity index (χ3n) is 5.05. The van der Waals surface area contributed by atoms with Gasteiger partial charge in [-0.3, -0.25) is 9.59 Å². The number of nitrogens with zero attached hydrogens (tertiary/aromatic N) is 1. The van der Waals surface area contributed by atoms with Crippen molar-refractivity contribution in [2.75, 3.05) is 0 Å². The summed E-state index contributed by atoms with van der Waals surface area (Å²) in [6.07, 6.45) is 6.28. The molecule has 0 saturated carbocycles. The zero-order chi connectivity index (χ0) is 18.7. The summed E-state index contributed by atoms with van der Waals surface area (Å²) in [5.74, 6) is 1.25. The van der Waals surface area contributed by atoms with Gasteiger partial charge in [-0.05, 0) is 51.0 Å². The highest BCUT2D eigenvalue weighted by Crippen LogP contribution is 2.33. The Labute approximate surface area is 162 Å². The highest BCUT2D eigenvalue weighted by Gasteiger charge is 2.21. The van der Waals surface area contributed by atoms with Crippen molar-refractivity contribution in [2.24, 2.45) is 0 Å². The summed E-state index contributed by atoms with van der Waals surface area (Å²) in [7, 11) is 0. The Morgan fingerprint density at radius 1 is 1.31 bits per heavy atom. The van der Waals surface area contributed by atoms with Gasteiger partial charge in [0.25, 0.3) is 5.56 Å². The van der Waals surface area contributed by atoms with Crippen LogP contribution in [0.5, 0.6) is 0 Å². The third-order valence-corrected chi connectivity index (χ3v) is 7.39. The Kier molecular flexibility index (Phi) is 6.40. The largest absolute Gasteiger partial charge is 0.352 e. The van der Waals surface area contributed by atoms with Crippen LogP contribution in [0.2, 0.25) is 0 Å². The molecule has 1 aliphatic rings. The minimum Gasteiger partial charge on any atom is -0.352 e. The fraction of sp³-hybridized carbons (Fsp3) is 0.632. The molecule has 2 heterocycles. The molecule has 0 aliphatic heterocycles. The Morgan fingerprint density at radius 3 is 2.77 bits per heavy atom. The predicted octanol–water partition coefficient (Wildman–Crippen LogP) is 3.79. The number of fused-ring (bicyclic) bond motifs is 3. The number of rotatable bonds is 7. The molecule has 142 valence electrons. The standard InChI is InChI=1S/C19H27N3O2S2/c1-4-12(5-2)20-17(23)11(3)25-10-15-21-18(24)16-13-8-6-7-9-14(13)26-19(16)22-15/h11-12H,4-10H2,1-3H3,(H,20,23)(H,21,22,24)/t11-/m0/s1. The van der Waals surface area contributed by atoms with Crippen LogP contribution in [-0.2, 0) is 23.4 Å². The number of aromatic amines is 1. The lowest BCUT2D eigenvalue weighted by Crippen LogP contribution is -2.38. The van der Waals surface area contributed by atoms with Crippen molar-refractivity contribution in [1.82, 2.24) is 15.3 Å². The van der Waals surface area contributed by atoms with E-state index in [-0.39, 0.29) is 22.8 Å². The number of nitrogens with one attached hydrogen (secondary N) is 2. The highest BCUT2D eigenvalue weighted by molar-refractivity contribution is 7.99. The summed E-state index contributed by atoms with van der Waals surface area (Å²) >= 11 is 3.18. The number of thioether (sulfide) groups is 1. The molecule has 1 amide bonds. The van der Waals surface area contributed by atoms with Gasteiger partial charge < -0.3 is 10.3 Å². The van der Waals surface area contributed by atoms with Crippen LogP contribution < -0.4 is 10.9 Å². The van der Waals surface area contributed by atoms with Crippen molar-refractivity contribution in [3.8, 4) is 0 Å². The molecule has 3 rings (SSSR count). The lowest BCUT2D eigenvalue weighted by atomic mass is 9.97. The van der Waals surface area contributed by atoms with E-state index in [0.717, 1.165) is 42.3 Å². The van der Waals surface area contributed by atoms with Gasteiger partial charge in [-0.25, -0.2) is 4.98 Å². The number of aryl methyl sites for hydroxylation is 2. The zero-order valence-corrected chi connectivity index (χ0v) is 17.3. The molecule has 0 aromatic carbocycles. The summed E-state index contributed by atoms with van der Waals surface area (Å²) in [5, 5.41) is 3.69. The van der Waals surface area contributed by atoms with E-state index in [1.807, 2.05) is 6.92 Å². The Balaban J connectivity index is 1.69. The molecule has 0 spiro atoms. The number of hydrogen-bond acceptors (Lipinski definition) is 5. The van der Waals surface area contributed by atoms with Crippen LogP contribution in [0.4, 0.5) is 0 Å². The van der Waals surface area contributed by atoms with Crippen LogP contribution in [0, 0.1) is 0 Å². The number of aromatic nitrogens is 2. The van der Waals surface area contributed by atoms with E-state index < -0.39 is 0 Å². The lowest BCUT2D eigenvalue weighted by molar-refractivity contribution is -0.121. The molecule has 0 bridgehead atoms. The summed E-state index contributed by atoms with van der Waals surface area (Å²) in [4.78, 5) is 34.6. The molecular weight excluding hydrogens is 366 g/mol. The van der Waals surface area contributed by atoms with E-state index in [9.17, 15) is 9.59 Å². The molecular formula is C19H27N3O2S2. The molecule has 26 heavy (non-hydrogen) atoms. The molecule has 0 fully saturated rings. The van der Waals surface area contributed by atoms with Crippen molar-refractivity contribution < 1.29 is 4.79 Å². The summed E-state index contributed by atoms with van der Waals surface area (Å²) in [5.41, 5.74) is 1.18. The molecule has 2 N–H and O–H groups in total. The maximum Gasteiger partial charge on any atom is 0.259 e. The zero-order valence-electron chi connectivity index (χ0n) is 15.7. The average molecular weight is 394 g/mol. The normalized spacial score (nSPS) is 15.2. The monoisotopic (exact) mass is 393 g/mol. The number of thiophene rings is 1. The average Bonchev–Trinajstić information content (AvgIpc) is 3.02. The first-order chi connectivity index (χ1) is 12.5. The first-order valence-electron chi connectivity index (χ1n) is 9.48. The van der Waals surface area contributed by atoms with Crippen molar-refractivity contribution >= 4 is 39.2 Å². The van der Waals surface area contributed by atoms with Crippen LogP contribution in [0.15, 0.2) is 4.79 Å². The molecule has 2 aromatic heterocycles. The van der Waals surface area contributed by atoms with Crippen molar-refractivity contribution in [3.05, 3.63) is 26.6 Å². The second-order valence-electron chi connectivity index (χ2n) is 6.88. The Bertz CT molecular complexity index is 839. The van der Waals surface area contributed by atoms with Crippen molar-refractivity contribution in [3.63, 3.8) is 0 Å². The van der Waals surface area contributed by atoms with E-state index in [1.165, 1.54) is 28.6 Å². The smallest absolute Gasteiger partial charge is 0.259 e. The van der Waals surface area contributed by atoms with Crippen LogP contribution in [-0.4, -0.2) is 27.2 Å². The van der Waals surface area contributed by atoms with Gasteiger partial charge >= 0.3 is 0 Å². The fourth-order valence-corrected chi connectivity index (χ4v) is 5.41. The SMILES string of the molecule is CCC(CC)NC(=O)[C@H](C)SCc1nc2sc3c(c2c(=O)[nH]1)CCCC3. The van der Waals surface area contributed by atoms with Gasteiger partial charge in [-0.2, -0.15) is 0 Å². The minimum atomic E-state index is -0.173. The first-order valence-corrected chi connectivity index (χ1v) is 11.3. The maximum atomic E-state index is 12.6. The second kappa shape index (κ2) is 8.57. The Hall–Kier alpha value is -1.34. The summed E-state index contributed by atoms with van der Waals surface area (Å²) in [6.45, 7) is 6.07. The number of amides is 1. The summed E-state index contributed by atoms with van der Waals surface area (Å²) < 4.78 is 0. The molecule has 1 atom stereocenters. The van der Waals surface area contributed by atoms with Gasteiger partial charge in [-0.1, -0.05) is 13.8 Å². The Morgan fingerprint density at radius 2 is 2.04 bits per heavy atom. The number of carbonyl (C=O) groups is 1. The van der Waals surface area contributed by atoms with Crippen LogP contribution >= 0.6 is 23.1 Å². The predicted molar refractivity (Wildman–Crippen MR) is 110 cm³/mol. The van der Waals surface area contributed by atoms with E-state index in [2.05, 4.69) is 29.1 Å². The second-order valence-corrected chi connectivity index (χ2v) is 9.29. The van der Waals surface area contributed by atoms with Gasteiger partial charge in [0.05, 0.1) is 16.4 Å². The van der Waals surface area contributed by atoms with Crippen LogP contribution in [0.3, 0.4) is 0 Å². The molecule has 0 radical (unpaired) electrons. The topological polar surface area (TPSA) is 74.8 Å². The molecule has 0 unspecified atom stereocenters. The number of H-pyrrole nitrogens is 1. The van der Waals surface area contributed by atoms with Gasteiger partial charge in [-0.15, -0.1) is 23.1 Å².